The molecule has 3 aromatic rings. The molecule has 1 aromatic carbocycles. The van der Waals surface area contributed by atoms with Crippen LogP contribution in [0, 0.1) is 22.4 Å². The molecule has 0 amide bonds. The normalized spacial score (nSPS) is 10.3. The van der Waals surface area contributed by atoms with Crippen LogP contribution in [-0.2, 0) is 0 Å². The number of pyridine rings is 2. The van der Waals surface area contributed by atoms with Gasteiger partial charge in [0.2, 0.25) is 0 Å². The van der Waals surface area contributed by atoms with E-state index in [9.17, 15) is 14.9 Å². The Kier molecular flexibility index (Phi) is 4.57. The highest BCUT2D eigenvalue weighted by atomic mass is 16.6. The predicted octanol–water partition coefficient (Wildman–Crippen LogP) is 3.39. The zero-order valence-corrected chi connectivity index (χ0v) is 13.8. The monoisotopic (exact) mass is 349 g/mol. The summed E-state index contributed by atoms with van der Waals surface area (Å²) in [5.74, 6) is 0.596. The van der Waals surface area contributed by atoms with Crippen molar-refractivity contribution in [3.8, 4) is 11.1 Å². The predicted molar refractivity (Wildman–Crippen MR) is 99.3 cm³/mol. The first-order valence-electron chi connectivity index (χ1n) is 7.70. The Morgan fingerprint density at radius 1 is 1.27 bits per heavy atom. The standard InChI is InChI=1S/C18H15N5O3/c1-11-3-2-4-17(21-11)22-16-7-12(5-6-13(16)9-19)15-8-14(23(25)26)10-20-18(15)24/h2-10,19H,1H3,(H,20,24)(H,21,22). The van der Waals surface area contributed by atoms with Crippen LogP contribution in [0.3, 0.4) is 0 Å². The summed E-state index contributed by atoms with van der Waals surface area (Å²) >= 11 is 0. The molecule has 0 spiro atoms. The fraction of sp³-hybridized carbons (Fsp3) is 0.0556. The number of nitrogens with zero attached hydrogens (tertiary/aromatic N) is 2. The molecule has 0 bridgehead atoms. The van der Waals surface area contributed by atoms with E-state index in [1.54, 1.807) is 24.3 Å². The molecule has 0 fully saturated rings. The molecule has 0 unspecified atom stereocenters. The van der Waals surface area contributed by atoms with Gasteiger partial charge in [-0.25, -0.2) is 4.98 Å². The topological polar surface area (TPSA) is 125 Å². The molecular formula is C18H15N5O3. The number of benzene rings is 1. The lowest BCUT2D eigenvalue weighted by atomic mass is 10.0. The van der Waals surface area contributed by atoms with Gasteiger partial charge in [-0.05, 0) is 30.7 Å². The van der Waals surface area contributed by atoms with Gasteiger partial charge in [0.1, 0.15) is 5.82 Å². The summed E-state index contributed by atoms with van der Waals surface area (Å²) < 4.78 is 0. The number of aromatic amines is 1. The van der Waals surface area contributed by atoms with Crippen LogP contribution in [0.25, 0.3) is 11.1 Å². The van der Waals surface area contributed by atoms with E-state index in [1.807, 2.05) is 19.1 Å². The smallest absolute Gasteiger partial charge is 0.286 e. The molecule has 0 atom stereocenters. The summed E-state index contributed by atoms with van der Waals surface area (Å²) in [6.45, 7) is 1.86. The molecular weight excluding hydrogens is 334 g/mol. The number of H-pyrrole nitrogens is 1. The molecule has 2 heterocycles. The van der Waals surface area contributed by atoms with Crippen LogP contribution >= 0.6 is 0 Å². The lowest BCUT2D eigenvalue weighted by molar-refractivity contribution is -0.385. The quantitative estimate of drug-likeness (QED) is 0.370. The highest BCUT2D eigenvalue weighted by Gasteiger charge is 2.13. The van der Waals surface area contributed by atoms with Crippen LogP contribution in [0.15, 0.2) is 53.5 Å². The average molecular weight is 349 g/mol. The zero-order chi connectivity index (χ0) is 18.7. The Morgan fingerprint density at radius 3 is 2.77 bits per heavy atom. The number of rotatable bonds is 5. The van der Waals surface area contributed by atoms with E-state index in [-0.39, 0.29) is 11.3 Å². The van der Waals surface area contributed by atoms with Crippen molar-refractivity contribution < 1.29 is 4.92 Å². The van der Waals surface area contributed by atoms with Crippen molar-refractivity contribution in [3.63, 3.8) is 0 Å². The first kappa shape index (κ1) is 17.0. The summed E-state index contributed by atoms with van der Waals surface area (Å²) in [6.07, 6.45) is 2.24. The first-order valence-corrected chi connectivity index (χ1v) is 7.70. The van der Waals surface area contributed by atoms with Crippen LogP contribution in [0.4, 0.5) is 17.2 Å². The molecule has 2 aromatic heterocycles. The molecule has 0 aliphatic carbocycles. The number of aromatic nitrogens is 2. The molecule has 0 aliphatic rings. The van der Waals surface area contributed by atoms with E-state index in [1.165, 1.54) is 12.3 Å². The summed E-state index contributed by atoms with van der Waals surface area (Å²) in [7, 11) is 0. The van der Waals surface area contributed by atoms with Crippen LogP contribution in [-0.4, -0.2) is 21.1 Å². The molecule has 0 saturated carbocycles. The molecule has 8 nitrogen and oxygen atoms in total. The van der Waals surface area contributed by atoms with Crippen LogP contribution in [0.2, 0.25) is 0 Å². The summed E-state index contributed by atoms with van der Waals surface area (Å²) in [4.78, 5) is 29.2. The first-order chi connectivity index (χ1) is 12.5. The lowest BCUT2D eigenvalue weighted by Crippen LogP contribution is -2.09. The van der Waals surface area contributed by atoms with E-state index in [0.29, 0.717) is 22.6 Å². The maximum atomic E-state index is 12.1. The highest BCUT2D eigenvalue weighted by Crippen LogP contribution is 2.26. The van der Waals surface area contributed by atoms with Gasteiger partial charge < -0.3 is 15.7 Å². The maximum Gasteiger partial charge on any atom is 0.286 e. The third-order valence-corrected chi connectivity index (χ3v) is 3.77. The minimum absolute atomic E-state index is 0.177. The highest BCUT2D eigenvalue weighted by molar-refractivity contribution is 5.89. The van der Waals surface area contributed by atoms with Gasteiger partial charge >= 0.3 is 0 Å². The number of hydrogen-bond acceptors (Lipinski definition) is 6. The zero-order valence-electron chi connectivity index (χ0n) is 13.8. The number of hydrogen-bond donors (Lipinski definition) is 3. The Labute approximate surface area is 148 Å². The Morgan fingerprint density at radius 2 is 2.08 bits per heavy atom. The van der Waals surface area contributed by atoms with Crippen molar-refractivity contribution in [1.29, 1.82) is 5.41 Å². The molecule has 3 N–H and O–H groups in total. The second-order valence-corrected chi connectivity index (χ2v) is 5.59. The number of anilines is 2. The van der Waals surface area contributed by atoms with E-state index >= 15 is 0 Å². The Balaban J connectivity index is 2.08. The number of nitro groups is 1. The maximum absolute atomic E-state index is 12.1. The molecule has 8 heteroatoms. The van der Waals surface area contributed by atoms with Crippen molar-refractivity contribution in [2.75, 3.05) is 5.32 Å². The third kappa shape index (κ3) is 3.48. The van der Waals surface area contributed by atoms with Gasteiger partial charge in [-0.1, -0.05) is 18.2 Å². The van der Waals surface area contributed by atoms with Gasteiger partial charge in [-0.15, -0.1) is 0 Å². The Hall–Kier alpha value is -3.81. The second kappa shape index (κ2) is 6.98. The van der Waals surface area contributed by atoms with Crippen molar-refractivity contribution in [1.82, 2.24) is 9.97 Å². The minimum atomic E-state index is -0.568. The SMILES string of the molecule is Cc1cccc(Nc2cc(-c3cc([N+](=O)[O-])c[nH]c3=O)ccc2C=N)n1. The minimum Gasteiger partial charge on any atom is -0.340 e. The molecule has 3 rings (SSSR count). The van der Waals surface area contributed by atoms with E-state index in [0.717, 1.165) is 11.9 Å². The second-order valence-electron chi connectivity index (χ2n) is 5.59. The van der Waals surface area contributed by atoms with Crippen molar-refractivity contribution in [3.05, 3.63) is 80.4 Å². The van der Waals surface area contributed by atoms with Gasteiger partial charge in [0.05, 0.1) is 16.7 Å². The van der Waals surface area contributed by atoms with E-state index in [4.69, 9.17) is 5.41 Å². The Bertz CT molecular complexity index is 1060. The number of nitrogens with one attached hydrogen (secondary N) is 3. The fourth-order valence-electron chi connectivity index (χ4n) is 2.50. The fourth-order valence-corrected chi connectivity index (χ4v) is 2.50. The largest absolute Gasteiger partial charge is 0.340 e. The van der Waals surface area contributed by atoms with Gasteiger partial charge in [-0.2, -0.15) is 0 Å². The van der Waals surface area contributed by atoms with Gasteiger partial charge in [-0.3, -0.25) is 14.9 Å². The summed E-state index contributed by atoms with van der Waals surface area (Å²) in [5.41, 5.74) is 2.04. The summed E-state index contributed by atoms with van der Waals surface area (Å²) in [6, 6.07) is 11.7. The molecule has 0 aliphatic heterocycles. The average Bonchev–Trinajstić information content (AvgIpc) is 2.62. The lowest BCUT2D eigenvalue weighted by Gasteiger charge is -2.11. The van der Waals surface area contributed by atoms with Crippen LogP contribution in [0.5, 0.6) is 0 Å². The van der Waals surface area contributed by atoms with Crippen LogP contribution < -0.4 is 10.9 Å². The van der Waals surface area contributed by atoms with Gasteiger partial charge in [0, 0.05) is 29.2 Å². The van der Waals surface area contributed by atoms with Crippen molar-refractivity contribution >= 4 is 23.4 Å². The number of aryl methyl sites for hydroxylation is 1. The molecule has 0 radical (unpaired) electrons. The third-order valence-electron chi connectivity index (χ3n) is 3.77. The van der Waals surface area contributed by atoms with Crippen molar-refractivity contribution in [2.24, 2.45) is 0 Å². The van der Waals surface area contributed by atoms with Crippen LogP contribution in [0.1, 0.15) is 11.3 Å². The summed E-state index contributed by atoms with van der Waals surface area (Å²) in [5, 5.41) is 21.6. The van der Waals surface area contributed by atoms with E-state index < -0.39 is 10.5 Å². The molecule has 26 heavy (non-hydrogen) atoms. The molecule has 130 valence electrons. The molecule has 0 saturated heterocycles. The van der Waals surface area contributed by atoms with E-state index in [2.05, 4.69) is 15.3 Å². The van der Waals surface area contributed by atoms with Gasteiger partial charge in [0.15, 0.2) is 0 Å². The van der Waals surface area contributed by atoms with Crippen molar-refractivity contribution in [2.45, 2.75) is 6.92 Å². The van der Waals surface area contributed by atoms with Gasteiger partial charge in [0.25, 0.3) is 11.2 Å².